The highest BCUT2D eigenvalue weighted by atomic mass is 35.5. The van der Waals surface area contributed by atoms with Crippen molar-refractivity contribution in [2.24, 2.45) is 0 Å². The van der Waals surface area contributed by atoms with Crippen LogP contribution in [0.5, 0.6) is 11.5 Å². The Morgan fingerprint density at radius 1 is 1.33 bits per heavy atom. The Labute approximate surface area is 95.1 Å². The zero-order valence-corrected chi connectivity index (χ0v) is 9.54. The summed E-state index contributed by atoms with van der Waals surface area (Å²) in [5.41, 5.74) is 0. The van der Waals surface area contributed by atoms with E-state index in [1.54, 1.807) is 0 Å². The molecule has 2 rings (SSSR count). The minimum atomic E-state index is 0.282. The van der Waals surface area contributed by atoms with Gasteiger partial charge in [-0.1, -0.05) is 6.07 Å². The maximum atomic E-state index is 5.89. The summed E-state index contributed by atoms with van der Waals surface area (Å²) in [6, 6.07) is 7.74. The van der Waals surface area contributed by atoms with Crippen molar-refractivity contribution in [1.29, 1.82) is 0 Å². The van der Waals surface area contributed by atoms with Gasteiger partial charge in [-0.25, -0.2) is 0 Å². The van der Waals surface area contributed by atoms with E-state index >= 15 is 0 Å². The lowest BCUT2D eigenvalue weighted by molar-refractivity contribution is 0.123. The third kappa shape index (κ3) is 2.78. The van der Waals surface area contributed by atoms with Crippen LogP contribution in [0.15, 0.2) is 24.3 Å². The van der Waals surface area contributed by atoms with Crippen LogP contribution in [0.4, 0.5) is 0 Å². The molecule has 2 nitrogen and oxygen atoms in total. The van der Waals surface area contributed by atoms with Crippen molar-refractivity contribution in [3.05, 3.63) is 24.3 Å². The van der Waals surface area contributed by atoms with Crippen LogP contribution >= 0.6 is 11.6 Å². The summed E-state index contributed by atoms with van der Waals surface area (Å²) >= 11 is 5.89. The largest absolute Gasteiger partial charge is 0.494 e. The van der Waals surface area contributed by atoms with E-state index in [0.717, 1.165) is 24.3 Å². The minimum absolute atomic E-state index is 0.282. The van der Waals surface area contributed by atoms with Gasteiger partial charge in [-0.15, -0.1) is 11.6 Å². The van der Waals surface area contributed by atoms with Gasteiger partial charge in [0, 0.05) is 24.3 Å². The molecule has 0 aliphatic heterocycles. The maximum absolute atomic E-state index is 5.89. The fourth-order valence-corrected chi connectivity index (χ4v) is 1.99. The monoisotopic (exact) mass is 226 g/mol. The van der Waals surface area contributed by atoms with Crippen molar-refractivity contribution in [3.63, 3.8) is 0 Å². The lowest BCUT2D eigenvalue weighted by Crippen LogP contribution is -2.34. The highest BCUT2D eigenvalue weighted by molar-refractivity contribution is 6.21. The molecule has 0 amide bonds. The summed E-state index contributed by atoms with van der Waals surface area (Å²) < 4.78 is 11.1. The van der Waals surface area contributed by atoms with Gasteiger partial charge < -0.3 is 9.47 Å². The molecule has 0 N–H and O–H groups in total. The van der Waals surface area contributed by atoms with Crippen LogP contribution in [0.1, 0.15) is 19.8 Å². The zero-order chi connectivity index (χ0) is 10.7. The second-order valence-electron chi connectivity index (χ2n) is 3.72. The molecule has 82 valence electrons. The topological polar surface area (TPSA) is 18.5 Å². The number of ether oxygens (including phenoxy) is 2. The average molecular weight is 227 g/mol. The van der Waals surface area contributed by atoms with Crippen LogP contribution < -0.4 is 9.47 Å². The number of alkyl halides is 1. The van der Waals surface area contributed by atoms with Crippen LogP contribution in [-0.2, 0) is 0 Å². The molecule has 0 heterocycles. The molecule has 0 unspecified atom stereocenters. The van der Waals surface area contributed by atoms with Crippen LogP contribution in [0, 0.1) is 0 Å². The van der Waals surface area contributed by atoms with E-state index in [1.165, 1.54) is 0 Å². The summed E-state index contributed by atoms with van der Waals surface area (Å²) in [5.74, 6) is 1.73. The van der Waals surface area contributed by atoms with Crippen molar-refractivity contribution in [3.8, 4) is 11.5 Å². The van der Waals surface area contributed by atoms with Crippen molar-refractivity contribution >= 4 is 11.6 Å². The highest BCUT2D eigenvalue weighted by Crippen LogP contribution is 2.30. The molecule has 1 aromatic carbocycles. The SMILES string of the molecule is CCOc1cccc(OC2CC(Cl)C2)c1. The lowest BCUT2D eigenvalue weighted by Gasteiger charge is -2.31. The van der Waals surface area contributed by atoms with Crippen LogP contribution in [-0.4, -0.2) is 18.1 Å². The third-order valence-corrected chi connectivity index (χ3v) is 2.81. The smallest absolute Gasteiger partial charge is 0.123 e. The van der Waals surface area contributed by atoms with Gasteiger partial charge in [-0.2, -0.15) is 0 Å². The van der Waals surface area contributed by atoms with Crippen molar-refractivity contribution in [1.82, 2.24) is 0 Å². The number of benzene rings is 1. The van der Waals surface area contributed by atoms with E-state index < -0.39 is 0 Å². The standard InChI is InChI=1S/C12H15ClO2/c1-2-14-10-4-3-5-11(8-10)15-12-6-9(13)7-12/h3-5,8-9,12H,2,6-7H2,1H3. The molecule has 0 saturated heterocycles. The Hall–Kier alpha value is -0.890. The second kappa shape index (κ2) is 4.75. The highest BCUT2D eigenvalue weighted by Gasteiger charge is 2.28. The molecule has 15 heavy (non-hydrogen) atoms. The first kappa shape index (κ1) is 10.6. The quantitative estimate of drug-likeness (QED) is 0.734. The second-order valence-corrected chi connectivity index (χ2v) is 4.33. The molecule has 3 heteroatoms. The third-order valence-electron chi connectivity index (χ3n) is 2.46. The molecule has 0 radical (unpaired) electrons. The number of rotatable bonds is 4. The molecule has 0 atom stereocenters. The van der Waals surface area contributed by atoms with Gasteiger partial charge in [0.1, 0.15) is 17.6 Å². The van der Waals surface area contributed by atoms with Gasteiger partial charge in [-0.3, -0.25) is 0 Å². The Balaban J connectivity index is 1.93. The van der Waals surface area contributed by atoms with Gasteiger partial charge in [0.2, 0.25) is 0 Å². The van der Waals surface area contributed by atoms with Gasteiger partial charge in [0.05, 0.1) is 6.61 Å². The van der Waals surface area contributed by atoms with E-state index in [9.17, 15) is 0 Å². The van der Waals surface area contributed by atoms with E-state index in [1.807, 2.05) is 31.2 Å². The summed E-state index contributed by atoms with van der Waals surface area (Å²) in [6.45, 7) is 2.65. The molecule has 0 bridgehead atoms. The van der Waals surface area contributed by atoms with E-state index in [0.29, 0.717) is 12.0 Å². The van der Waals surface area contributed by atoms with Crippen LogP contribution in [0.25, 0.3) is 0 Å². The first-order chi connectivity index (χ1) is 7.28. The summed E-state index contributed by atoms with van der Waals surface area (Å²) in [6.07, 6.45) is 2.17. The van der Waals surface area contributed by atoms with Gasteiger partial charge in [-0.05, 0) is 19.1 Å². The summed E-state index contributed by atoms with van der Waals surface area (Å²) in [7, 11) is 0. The molecule has 1 aliphatic carbocycles. The van der Waals surface area contributed by atoms with E-state index in [4.69, 9.17) is 21.1 Å². The molecular formula is C12H15ClO2. The number of hydrogen-bond acceptors (Lipinski definition) is 2. The molecule has 1 fully saturated rings. The van der Waals surface area contributed by atoms with Gasteiger partial charge in [0.15, 0.2) is 0 Å². The first-order valence-electron chi connectivity index (χ1n) is 5.31. The Morgan fingerprint density at radius 2 is 2.07 bits per heavy atom. The van der Waals surface area contributed by atoms with E-state index in [2.05, 4.69) is 0 Å². The predicted molar refractivity (Wildman–Crippen MR) is 60.9 cm³/mol. The van der Waals surface area contributed by atoms with Crippen molar-refractivity contribution < 1.29 is 9.47 Å². The van der Waals surface area contributed by atoms with Gasteiger partial charge in [0.25, 0.3) is 0 Å². The summed E-state index contributed by atoms with van der Waals surface area (Å²) in [4.78, 5) is 0. The molecule has 1 aromatic rings. The fraction of sp³-hybridized carbons (Fsp3) is 0.500. The predicted octanol–water partition coefficient (Wildman–Crippen LogP) is 3.23. The first-order valence-corrected chi connectivity index (χ1v) is 5.75. The maximum Gasteiger partial charge on any atom is 0.123 e. The molecule has 1 saturated carbocycles. The van der Waals surface area contributed by atoms with Crippen LogP contribution in [0.2, 0.25) is 0 Å². The lowest BCUT2D eigenvalue weighted by atomic mass is 9.95. The fourth-order valence-electron chi connectivity index (χ4n) is 1.59. The molecule has 0 aromatic heterocycles. The molecule has 0 spiro atoms. The minimum Gasteiger partial charge on any atom is -0.494 e. The molecular weight excluding hydrogens is 212 g/mol. The van der Waals surface area contributed by atoms with Crippen molar-refractivity contribution in [2.45, 2.75) is 31.2 Å². The number of hydrogen-bond donors (Lipinski definition) is 0. The van der Waals surface area contributed by atoms with Crippen LogP contribution in [0.3, 0.4) is 0 Å². The van der Waals surface area contributed by atoms with E-state index in [-0.39, 0.29) is 6.10 Å². The zero-order valence-electron chi connectivity index (χ0n) is 8.78. The normalized spacial score (nSPS) is 24.4. The Kier molecular flexibility index (Phi) is 3.37. The molecule has 1 aliphatic rings. The Morgan fingerprint density at radius 3 is 2.73 bits per heavy atom. The summed E-state index contributed by atoms with van der Waals surface area (Å²) in [5, 5.41) is 0.296. The van der Waals surface area contributed by atoms with Crippen molar-refractivity contribution in [2.75, 3.05) is 6.61 Å². The Bertz CT molecular complexity index is 321. The average Bonchev–Trinajstić information content (AvgIpc) is 2.17. The number of halogens is 1. The van der Waals surface area contributed by atoms with Gasteiger partial charge >= 0.3 is 0 Å².